The Hall–Kier alpha value is -3.23. The molecule has 0 unspecified atom stereocenters. The minimum absolute atomic E-state index is 0.0813. The first-order chi connectivity index (χ1) is 15.7. The number of nitrogens with zero attached hydrogens (tertiary/aromatic N) is 1. The van der Waals surface area contributed by atoms with Gasteiger partial charge < -0.3 is 20.3 Å². The van der Waals surface area contributed by atoms with E-state index in [0.717, 1.165) is 11.6 Å². The molecule has 1 saturated carbocycles. The first-order valence-corrected chi connectivity index (χ1v) is 10.9. The minimum atomic E-state index is -4.49. The lowest BCUT2D eigenvalue weighted by atomic mass is 9.84. The average molecular weight is 461 g/mol. The largest absolute Gasteiger partial charge is 0.496 e. The summed E-state index contributed by atoms with van der Waals surface area (Å²) in [6.45, 7) is 1.82. The van der Waals surface area contributed by atoms with E-state index in [4.69, 9.17) is 4.74 Å². The van der Waals surface area contributed by atoms with Gasteiger partial charge in [0.25, 0.3) is 0 Å². The number of carbonyl (C=O) groups is 2. The summed E-state index contributed by atoms with van der Waals surface area (Å²) in [5.41, 5.74) is 1.17. The minimum Gasteiger partial charge on any atom is -0.496 e. The van der Waals surface area contributed by atoms with E-state index < -0.39 is 17.8 Å². The highest BCUT2D eigenvalue weighted by Crippen LogP contribution is 2.39. The number of aryl methyl sites for hydroxylation is 1. The summed E-state index contributed by atoms with van der Waals surface area (Å²) in [4.78, 5) is 26.8. The molecule has 1 aliphatic heterocycles. The third-order valence-corrected chi connectivity index (χ3v) is 6.50. The van der Waals surface area contributed by atoms with Crippen molar-refractivity contribution in [1.82, 2.24) is 4.90 Å². The summed E-state index contributed by atoms with van der Waals surface area (Å²) in [6, 6.07) is 8.65. The molecule has 0 aromatic heterocycles. The zero-order chi connectivity index (χ0) is 23.8. The monoisotopic (exact) mass is 461 g/mol. The van der Waals surface area contributed by atoms with Crippen molar-refractivity contribution < 1.29 is 27.5 Å². The van der Waals surface area contributed by atoms with Crippen LogP contribution in [0.4, 0.5) is 29.3 Å². The van der Waals surface area contributed by atoms with E-state index in [1.165, 1.54) is 17.0 Å². The van der Waals surface area contributed by atoms with Gasteiger partial charge in [-0.15, -0.1) is 0 Å². The topological polar surface area (TPSA) is 70.7 Å². The Kier molecular flexibility index (Phi) is 6.23. The van der Waals surface area contributed by atoms with Gasteiger partial charge in [-0.1, -0.05) is 12.1 Å². The average Bonchev–Trinajstić information content (AvgIpc) is 2.79. The predicted octanol–water partition coefficient (Wildman–Crippen LogP) is 5.57. The summed E-state index contributed by atoms with van der Waals surface area (Å²) in [5, 5.41) is 5.51. The van der Waals surface area contributed by atoms with Crippen LogP contribution in [0.1, 0.15) is 42.4 Å². The van der Waals surface area contributed by atoms with E-state index >= 15 is 0 Å². The van der Waals surface area contributed by atoms with Crippen LogP contribution < -0.4 is 15.4 Å². The zero-order valence-electron chi connectivity index (χ0n) is 18.5. The molecule has 0 spiro atoms. The second-order valence-electron chi connectivity index (χ2n) is 8.57. The third-order valence-electron chi connectivity index (χ3n) is 6.50. The van der Waals surface area contributed by atoms with Crippen LogP contribution in [-0.4, -0.2) is 30.0 Å². The van der Waals surface area contributed by atoms with Crippen molar-refractivity contribution >= 4 is 23.3 Å². The van der Waals surface area contributed by atoms with Gasteiger partial charge in [-0.3, -0.25) is 4.79 Å². The fourth-order valence-corrected chi connectivity index (χ4v) is 4.66. The number of fused-ring (bicyclic) bond motifs is 1. The Morgan fingerprint density at radius 2 is 1.88 bits per heavy atom. The highest BCUT2D eigenvalue weighted by atomic mass is 19.4. The normalized spacial score (nSPS) is 20.6. The molecule has 4 rings (SSSR count). The lowest BCUT2D eigenvalue weighted by Crippen LogP contribution is -2.47. The smallest absolute Gasteiger partial charge is 0.416 e. The van der Waals surface area contributed by atoms with Gasteiger partial charge in [0, 0.05) is 35.0 Å². The molecule has 2 aromatic carbocycles. The maximum Gasteiger partial charge on any atom is 0.416 e. The molecule has 6 nitrogen and oxygen atoms in total. The van der Waals surface area contributed by atoms with Gasteiger partial charge in [-0.05, 0) is 56.4 Å². The van der Waals surface area contributed by atoms with Gasteiger partial charge >= 0.3 is 12.2 Å². The highest BCUT2D eigenvalue weighted by Gasteiger charge is 2.39. The number of hydrogen-bond donors (Lipinski definition) is 2. The highest BCUT2D eigenvalue weighted by molar-refractivity contribution is 5.94. The molecule has 0 bridgehead atoms. The van der Waals surface area contributed by atoms with Crippen LogP contribution in [-0.2, 0) is 17.5 Å². The van der Waals surface area contributed by atoms with Crippen molar-refractivity contribution in [1.29, 1.82) is 0 Å². The quantitative estimate of drug-likeness (QED) is 0.626. The van der Waals surface area contributed by atoms with Crippen molar-refractivity contribution in [3.8, 4) is 5.75 Å². The number of benzene rings is 2. The van der Waals surface area contributed by atoms with Gasteiger partial charge in [0.15, 0.2) is 0 Å². The molecular weight excluding hydrogens is 435 g/mol. The number of amides is 3. The fraction of sp³-hybridized carbons (Fsp3) is 0.417. The Morgan fingerprint density at radius 1 is 1.15 bits per heavy atom. The van der Waals surface area contributed by atoms with Gasteiger partial charge in [-0.2, -0.15) is 13.2 Å². The van der Waals surface area contributed by atoms with Crippen LogP contribution in [0, 0.1) is 12.8 Å². The number of urea groups is 1. The van der Waals surface area contributed by atoms with E-state index in [9.17, 15) is 22.8 Å². The SMILES string of the molecule is COc1cc(NC(=O)C2CCC(N3Cc4c(cccc4C(F)(F)F)NC3=O)CC2)ccc1C. The van der Waals surface area contributed by atoms with Crippen molar-refractivity contribution in [2.45, 2.75) is 51.4 Å². The van der Waals surface area contributed by atoms with Crippen LogP contribution >= 0.6 is 0 Å². The Bertz CT molecular complexity index is 1060. The number of carbonyl (C=O) groups excluding carboxylic acids is 2. The Labute approximate surface area is 190 Å². The van der Waals surface area contributed by atoms with Gasteiger partial charge in [0.1, 0.15) is 5.75 Å². The van der Waals surface area contributed by atoms with E-state index in [1.54, 1.807) is 13.2 Å². The summed E-state index contributed by atoms with van der Waals surface area (Å²) in [6.07, 6.45) is -2.29. The Morgan fingerprint density at radius 3 is 2.55 bits per heavy atom. The number of alkyl halides is 3. The number of ether oxygens (including phenoxy) is 1. The molecule has 2 aromatic rings. The maximum atomic E-state index is 13.4. The van der Waals surface area contributed by atoms with Gasteiger partial charge in [0.2, 0.25) is 5.91 Å². The standard InChI is InChI=1S/C24H26F3N3O3/c1-14-6-9-16(12-21(14)33-2)28-22(31)15-7-10-17(11-8-15)30-13-18-19(24(25,26)27)4-3-5-20(18)29-23(30)32/h3-6,9,12,15,17H,7-8,10-11,13H2,1-2H3,(H,28,31)(H,29,32). The maximum absolute atomic E-state index is 13.4. The van der Waals surface area contributed by atoms with Crippen LogP contribution in [0.3, 0.4) is 0 Å². The summed E-state index contributed by atoms with van der Waals surface area (Å²) in [5.74, 6) is 0.359. The first kappa shape index (κ1) is 22.9. The second kappa shape index (κ2) is 8.96. The molecule has 0 atom stereocenters. The molecule has 176 valence electrons. The van der Waals surface area contributed by atoms with Crippen LogP contribution in [0.15, 0.2) is 36.4 Å². The first-order valence-electron chi connectivity index (χ1n) is 10.9. The van der Waals surface area contributed by atoms with E-state index in [-0.39, 0.29) is 35.7 Å². The molecule has 3 amide bonds. The molecule has 1 fully saturated rings. The van der Waals surface area contributed by atoms with Gasteiger partial charge in [0.05, 0.1) is 19.2 Å². The number of hydrogen-bond acceptors (Lipinski definition) is 3. The molecule has 2 N–H and O–H groups in total. The molecule has 2 aliphatic rings. The molecule has 0 saturated heterocycles. The summed E-state index contributed by atoms with van der Waals surface area (Å²) in [7, 11) is 1.57. The number of nitrogens with one attached hydrogen (secondary N) is 2. The zero-order valence-corrected chi connectivity index (χ0v) is 18.5. The van der Waals surface area contributed by atoms with E-state index in [0.29, 0.717) is 37.1 Å². The lowest BCUT2D eigenvalue weighted by Gasteiger charge is -2.39. The third kappa shape index (κ3) is 4.77. The summed E-state index contributed by atoms with van der Waals surface area (Å²) >= 11 is 0. The molecule has 1 aliphatic carbocycles. The van der Waals surface area contributed by atoms with Crippen molar-refractivity contribution in [3.05, 3.63) is 53.1 Å². The van der Waals surface area contributed by atoms with Crippen LogP contribution in [0.25, 0.3) is 0 Å². The van der Waals surface area contributed by atoms with Crippen LogP contribution in [0.2, 0.25) is 0 Å². The van der Waals surface area contributed by atoms with E-state index in [1.807, 2.05) is 19.1 Å². The number of methoxy groups -OCH3 is 1. The van der Waals surface area contributed by atoms with E-state index in [2.05, 4.69) is 10.6 Å². The number of rotatable bonds is 4. The Balaban J connectivity index is 1.40. The summed E-state index contributed by atoms with van der Waals surface area (Å²) < 4.78 is 45.6. The fourth-order valence-electron chi connectivity index (χ4n) is 4.66. The van der Waals surface area contributed by atoms with Crippen molar-refractivity contribution in [2.75, 3.05) is 17.7 Å². The van der Waals surface area contributed by atoms with Gasteiger partial charge in [-0.25, -0.2) is 4.79 Å². The van der Waals surface area contributed by atoms with Crippen LogP contribution in [0.5, 0.6) is 5.75 Å². The predicted molar refractivity (Wildman–Crippen MR) is 118 cm³/mol. The molecular formula is C24H26F3N3O3. The number of anilines is 2. The molecule has 9 heteroatoms. The molecule has 33 heavy (non-hydrogen) atoms. The molecule has 1 heterocycles. The lowest BCUT2D eigenvalue weighted by molar-refractivity contribution is -0.138. The number of halogens is 3. The molecule has 0 radical (unpaired) electrons. The van der Waals surface area contributed by atoms with Crippen molar-refractivity contribution in [3.63, 3.8) is 0 Å². The second-order valence-corrected chi connectivity index (χ2v) is 8.57. The van der Waals surface area contributed by atoms with Crippen molar-refractivity contribution in [2.24, 2.45) is 5.92 Å².